The van der Waals surface area contributed by atoms with Crippen LogP contribution in [0, 0.1) is 0 Å². The minimum atomic E-state index is -0.272. The van der Waals surface area contributed by atoms with Gasteiger partial charge in [0.15, 0.2) is 0 Å². The van der Waals surface area contributed by atoms with Gasteiger partial charge in [-0.1, -0.05) is 24.3 Å². The molecule has 2 heterocycles. The van der Waals surface area contributed by atoms with E-state index in [1.54, 1.807) is 11.8 Å². The molecule has 2 saturated heterocycles. The van der Waals surface area contributed by atoms with Crippen molar-refractivity contribution in [2.24, 2.45) is 0 Å². The molecule has 0 saturated carbocycles. The maximum absolute atomic E-state index is 12.8. The normalized spacial score (nSPS) is 25.6. The number of hydrogen-bond acceptors (Lipinski definition) is 4. The second-order valence-electron chi connectivity index (χ2n) is 7.05. The Hall–Kier alpha value is -2.08. The molecule has 0 radical (unpaired) electrons. The van der Waals surface area contributed by atoms with Crippen LogP contribution in [0.2, 0.25) is 0 Å². The van der Waals surface area contributed by atoms with E-state index in [4.69, 9.17) is 4.74 Å². The van der Waals surface area contributed by atoms with Gasteiger partial charge >= 0.3 is 6.09 Å². The third kappa shape index (κ3) is 3.23. The first-order chi connectivity index (χ1) is 12.2. The zero-order valence-corrected chi connectivity index (χ0v) is 14.7. The smallest absolute Gasteiger partial charge is 0.409 e. The van der Waals surface area contributed by atoms with Crippen LogP contribution in [-0.2, 0) is 22.4 Å². The average Bonchev–Trinajstić information content (AvgIpc) is 3.32. The first-order valence-corrected chi connectivity index (χ1v) is 9.20. The van der Waals surface area contributed by atoms with Crippen LogP contribution in [0.5, 0.6) is 0 Å². The molecule has 0 aromatic heterocycles. The van der Waals surface area contributed by atoms with Crippen LogP contribution in [0.4, 0.5) is 4.79 Å². The molecule has 6 heteroatoms. The van der Waals surface area contributed by atoms with Crippen LogP contribution in [0.3, 0.4) is 0 Å². The van der Waals surface area contributed by atoms with Gasteiger partial charge in [0.2, 0.25) is 5.91 Å². The minimum absolute atomic E-state index is 0.0356. The molecule has 0 N–H and O–H groups in total. The van der Waals surface area contributed by atoms with E-state index in [1.165, 1.54) is 11.1 Å². The largest absolute Gasteiger partial charge is 0.450 e. The highest BCUT2D eigenvalue weighted by Crippen LogP contribution is 2.33. The predicted octanol–water partition coefficient (Wildman–Crippen LogP) is 1.14. The van der Waals surface area contributed by atoms with E-state index in [0.717, 1.165) is 19.4 Å². The fraction of sp³-hybridized carbons (Fsp3) is 0.579. The molecule has 4 rings (SSSR count). The Morgan fingerprint density at radius 3 is 2.24 bits per heavy atom. The lowest BCUT2D eigenvalue weighted by molar-refractivity contribution is -0.133. The molecule has 2 unspecified atom stereocenters. The molecular formula is C19H25N3O3. The number of carbonyl (C=O) groups is 2. The molecule has 25 heavy (non-hydrogen) atoms. The van der Waals surface area contributed by atoms with Gasteiger partial charge in [-0.25, -0.2) is 4.79 Å². The van der Waals surface area contributed by atoms with Gasteiger partial charge in [0.25, 0.3) is 0 Å². The molecule has 0 spiro atoms. The van der Waals surface area contributed by atoms with Crippen LogP contribution in [0.15, 0.2) is 24.3 Å². The van der Waals surface area contributed by atoms with Gasteiger partial charge in [-0.15, -0.1) is 0 Å². The first kappa shape index (κ1) is 16.4. The number of carbonyl (C=O) groups excluding carboxylic acids is 2. The van der Waals surface area contributed by atoms with Crippen molar-refractivity contribution in [2.45, 2.75) is 31.8 Å². The van der Waals surface area contributed by atoms with E-state index in [2.05, 4.69) is 29.2 Å². The van der Waals surface area contributed by atoms with E-state index < -0.39 is 0 Å². The monoisotopic (exact) mass is 343 g/mol. The molecule has 0 bridgehead atoms. The fourth-order valence-electron chi connectivity index (χ4n) is 4.08. The van der Waals surface area contributed by atoms with Crippen LogP contribution in [-0.4, -0.2) is 78.1 Å². The maximum Gasteiger partial charge on any atom is 0.409 e. The quantitative estimate of drug-likeness (QED) is 0.773. The van der Waals surface area contributed by atoms with Crippen molar-refractivity contribution in [3.8, 4) is 0 Å². The Kier molecular flexibility index (Phi) is 4.37. The van der Waals surface area contributed by atoms with Gasteiger partial charge in [-0.3, -0.25) is 9.69 Å². The number of rotatable bonds is 3. The van der Waals surface area contributed by atoms with Crippen molar-refractivity contribution in [1.82, 2.24) is 14.7 Å². The van der Waals surface area contributed by atoms with Crippen LogP contribution >= 0.6 is 0 Å². The average molecular weight is 343 g/mol. The van der Waals surface area contributed by atoms with Gasteiger partial charge in [0, 0.05) is 38.8 Å². The Labute approximate surface area is 148 Å². The molecule has 1 aromatic rings. The highest BCUT2D eigenvalue weighted by atomic mass is 16.6. The summed E-state index contributed by atoms with van der Waals surface area (Å²) in [4.78, 5) is 30.4. The maximum atomic E-state index is 12.8. The summed E-state index contributed by atoms with van der Waals surface area (Å²) < 4.78 is 5.03. The lowest BCUT2D eigenvalue weighted by Gasteiger charge is -2.34. The topological polar surface area (TPSA) is 52.9 Å². The van der Waals surface area contributed by atoms with Gasteiger partial charge in [-0.2, -0.15) is 0 Å². The third-order valence-electron chi connectivity index (χ3n) is 5.55. The minimum Gasteiger partial charge on any atom is -0.450 e. The second-order valence-corrected chi connectivity index (χ2v) is 7.05. The Morgan fingerprint density at radius 2 is 1.64 bits per heavy atom. The number of nitrogens with zero attached hydrogens (tertiary/aromatic N) is 3. The number of piperazine rings is 1. The highest BCUT2D eigenvalue weighted by Gasteiger charge is 2.48. The Morgan fingerprint density at radius 1 is 1.04 bits per heavy atom. The summed E-state index contributed by atoms with van der Waals surface area (Å²) in [6.45, 7) is 5.40. The molecule has 6 nitrogen and oxygen atoms in total. The number of hydrogen-bond donors (Lipinski definition) is 0. The molecule has 2 atom stereocenters. The van der Waals surface area contributed by atoms with E-state index >= 15 is 0 Å². The van der Waals surface area contributed by atoms with E-state index in [1.807, 2.05) is 4.90 Å². The van der Waals surface area contributed by atoms with Gasteiger partial charge < -0.3 is 14.5 Å². The van der Waals surface area contributed by atoms with E-state index in [9.17, 15) is 9.59 Å². The molecule has 2 aliphatic heterocycles. The molecule has 1 aliphatic carbocycles. The van der Waals surface area contributed by atoms with Crippen molar-refractivity contribution >= 4 is 12.0 Å². The molecule has 2 amide bonds. The number of benzene rings is 1. The Balaban J connectivity index is 1.28. The first-order valence-electron chi connectivity index (χ1n) is 9.20. The lowest BCUT2D eigenvalue weighted by atomic mass is 10.1. The highest BCUT2D eigenvalue weighted by molar-refractivity contribution is 5.85. The summed E-state index contributed by atoms with van der Waals surface area (Å²) in [5.41, 5.74) is 2.85. The van der Waals surface area contributed by atoms with E-state index in [-0.39, 0.29) is 18.0 Å². The summed E-state index contributed by atoms with van der Waals surface area (Å²) >= 11 is 0. The van der Waals surface area contributed by atoms with Crippen LogP contribution in [0.1, 0.15) is 18.1 Å². The van der Waals surface area contributed by atoms with Crippen LogP contribution in [0.25, 0.3) is 0 Å². The fourth-order valence-corrected chi connectivity index (χ4v) is 4.08. The summed E-state index contributed by atoms with van der Waals surface area (Å²) in [7, 11) is 0. The summed E-state index contributed by atoms with van der Waals surface area (Å²) in [6, 6.07) is 9.08. The summed E-state index contributed by atoms with van der Waals surface area (Å²) in [5.74, 6) is 0.222. The molecule has 3 aliphatic rings. The number of amides is 2. The van der Waals surface area contributed by atoms with Crippen molar-refractivity contribution in [3.63, 3.8) is 0 Å². The SMILES string of the molecule is CCOC(=O)N1CCN(C(=O)C2CN2C2Cc3ccccc3C2)CC1. The zero-order valence-electron chi connectivity index (χ0n) is 14.7. The van der Waals surface area contributed by atoms with Gasteiger partial charge in [0.1, 0.15) is 6.04 Å². The molecule has 1 aromatic carbocycles. The predicted molar refractivity (Wildman–Crippen MR) is 93.3 cm³/mol. The molecule has 134 valence electrons. The van der Waals surface area contributed by atoms with Crippen molar-refractivity contribution < 1.29 is 14.3 Å². The number of ether oxygens (including phenoxy) is 1. The van der Waals surface area contributed by atoms with Crippen molar-refractivity contribution in [1.29, 1.82) is 0 Å². The van der Waals surface area contributed by atoms with Gasteiger partial charge in [-0.05, 0) is 30.9 Å². The zero-order chi connectivity index (χ0) is 17.4. The van der Waals surface area contributed by atoms with E-state index in [0.29, 0.717) is 38.8 Å². The second kappa shape index (κ2) is 6.67. The standard InChI is InChI=1S/C19H25N3O3/c1-2-25-19(24)21-9-7-20(8-10-21)18(23)17-13-22(17)16-11-14-5-3-4-6-15(14)12-16/h3-6,16-17H,2,7-13H2,1H3. The van der Waals surface area contributed by atoms with Crippen molar-refractivity contribution in [3.05, 3.63) is 35.4 Å². The van der Waals surface area contributed by atoms with Gasteiger partial charge in [0.05, 0.1) is 6.61 Å². The molecule has 2 fully saturated rings. The number of fused-ring (bicyclic) bond motifs is 1. The summed E-state index contributed by atoms with van der Waals surface area (Å²) in [5, 5.41) is 0. The Bertz CT molecular complexity index is 645. The lowest BCUT2D eigenvalue weighted by Crippen LogP contribution is -2.52. The third-order valence-corrected chi connectivity index (χ3v) is 5.55. The molecular weight excluding hydrogens is 318 g/mol. The van der Waals surface area contributed by atoms with Crippen molar-refractivity contribution in [2.75, 3.05) is 39.3 Å². The van der Waals surface area contributed by atoms with Crippen LogP contribution < -0.4 is 0 Å². The summed E-state index contributed by atoms with van der Waals surface area (Å²) in [6.07, 6.45) is 1.83.